The second kappa shape index (κ2) is 11.6. The molecule has 0 radical (unpaired) electrons. The fraction of sp³-hybridized carbons (Fsp3) is 0.452. The number of halogens is 1. The van der Waals surface area contributed by atoms with E-state index < -0.39 is 0 Å². The van der Waals surface area contributed by atoms with Crippen LogP contribution < -0.4 is 0 Å². The smallest absolute Gasteiger partial charge is 0.130 e. The molecule has 0 fully saturated rings. The van der Waals surface area contributed by atoms with E-state index in [1.54, 1.807) is 19.1 Å². The van der Waals surface area contributed by atoms with Crippen LogP contribution in [0.1, 0.15) is 65.0 Å². The van der Waals surface area contributed by atoms with E-state index in [1.165, 1.54) is 16.8 Å². The van der Waals surface area contributed by atoms with E-state index in [1.807, 2.05) is 18.2 Å². The fourth-order valence-corrected chi connectivity index (χ4v) is 5.73. The van der Waals surface area contributed by atoms with E-state index in [4.69, 9.17) is 0 Å². The summed E-state index contributed by atoms with van der Waals surface area (Å²) >= 11 is 0. The van der Waals surface area contributed by atoms with Gasteiger partial charge in [-0.15, -0.1) is 6.58 Å². The number of benzene rings is 2. The molecule has 2 aromatic carbocycles. The maximum absolute atomic E-state index is 13.8. The molecule has 4 unspecified atom stereocenters. The van der Waals surface area contributed by atoms with Crippen LogP contribution >= 0.6 is 0 Å². The van der Waals surface area contributed by atoms with Gasteiger partial charge in [0.25, 0.3) is 0 Å². The molecular formula is C31H40FNO. The summed E-state index contributed by atoms with van der Waals surface area (Å²) in [5.41, 5.74) is 4.72. The first-order valence-electron chi connectivity index (χ1n) is 12.7. The molecule has 34 heavy (non-hydrogen) atoms. The predicted molar refractivity (Wildman–Crippen MR) is 142 cm³/mol. The number of ketones is 1. The van der Waals surface area contributed by atoms with Crippen LogP contribution in [-0.4, -0.2) is 23.3 Å². The molecule has 182 valence electrons. The maximum Gasteiger partial charge on any atom is 0.130 e. The van der Waals surface area contributed by atoms with Crippen LogP contribution in [0.25, 0.3) is 11.3 Å². The van der Waals surface area contributed by atoms with Crippen molar-refractivity contribution in [2.24, 2.45) is 23.7 Å². The zero-order valence-electron chi connectivity index (χ0n) is 21.4. The first-order chi connectivity index (χ1) is 16.2. The van der Waals surface area contributed by atoms with Crippen molar-refractivity contribution < 1.29 is 9.18 Å². The van der Waals surface area contributed by atoms with E-state index >= 15 is 0 Å². The quantitative estimate of drug-likeness (QED) is 0.317. The van der Waals surface area contributed by atoms with Gasteiger partial charge in [-0.2, -0.15) is 0 Å². The van der Waals surface area contributed by atoms with Gasteiger partial charge in [0, 0.05) is 30.6 Å². The van der Waals surface area contributed by atoms with Crippen LogP contribution in [-0.2, 0) is 4.79 Å². The maximum atomic E-state index is 13.8. The molecule has 0 saturated carbocycles. The molecule has 0 spiro atoms. The molecule has 0 saturated heterocycles. The first kappa shape index (κ1) is 25.9. The van der Waals surface area contributed by atoms with E-state index in [0.717, 1.165) is 24.9 Å². The van der Waals surface area contributed by atoms with Crippen molar-refractivity contribution in [2.75, 3.05) is 6.54 Å². The Labute approximate surface area is 205 Å². The Morgan fingerprint density at radius 1 is 1.00 bits per heavy atom. The molecule has 4 atom stereocenters. The second-order valence-corrected chi connectivity index (χ2v) is 10.5. The van der Waals surface area contributed by atoms with Gasteiger partial charge < -0.3 is 9.69 Å². The Morgan fingerprint density at radius 3 is 2.21 bits per heavy atom. The normalized spacial score (nSPS) is 20.0. The first-order valence-corrected chi connectivity index (χ1v) is 12.7. The highest BCUT2D eigenvalue weighted by Gasteiger charge is 2.41. The third kappa shape index (κ3) is 6.05. The number of nitrogens with zero attached hydrogens (tertiary/aromatic N) is 1. The fourth-order valence-electron chi connectivity index (χ4n) is 5.73. The summed E-state index contributed by atoms with van der Waals surface area (Å²) < 4.78 is 13.8. The molecule has 1 heterocycles. The lowest BCUT2D eigenvalue weighted by atomic mass is 9.84. The van der Waals surface area contributed by atoms with Crippen LogP contribution in [0.5, 0.6) is 0 Å². The standard InChI is InChI=1S/C31H40FNO/c1-7-28-29(25-11-9-8-10-12-25)31(26-13-15-27(32)16-14-26)33(30(28)21(2)3)18-17-22(4)19-23(5)20-24(6)34/h7-16,21-23,28,30H,1,17-20H2,2-6H3. The van der Waals surface area contributed by atoms with E-state index in [0.29, 0.717) is 24.2 Å². The molecule has 1 aliphatic rings. The second-order valence-electron chi connectivity index (χ2n) is 10.5. The Bertz CT molecular complexity index is 992. The van der Waals surface area contributed by atoms with E-state index in [9.17, 15) is 9.18 Å². The van der Waals surface area contributed by atoms with Gasteiger partial charge in [-0.05, 0) is 78.5 Å². The average Bonchev–Trinajstić information content (AvgIpc) is 3.12. The highest BCUT2D eigenvalue weighted by atomic mass is 19.1. The van der Waals surface area contributed by atoms with Gasteiger partial charge in [0.05, 0.1) is 0 Å². The third-order valence-electron chi connectivity index (χ3n) is 7.05. The number of Topliss-reactive ketones (excluding diaryl/α,β-unsaturated/α-hetero) is 1. The lowest BCUT2D eigenvalue weighted by molar-refractivity contribution is -0.117. The summed E-state index contributed by atoms with van der Waals surface area (Å²) in [6.07, 6.45) is 4.84. The Balaban J connectivity index is 2.01. The summed E-state index contributed by atoms with van der Waals surface area (Å²) in [7, 11) is 0. The summed E-state index contributed by atoms with van der Waals surface area (Å²) in [6.45, 7) is 15.9. The number of carbonyl (C=O) groups excluding carboxylic acids is 1. The van der Waals surface area contributed by atoms with Crippen LogP contribution in [0.2, 0.25) is 0 Å². The highest BCUT2D eigenvalue weighted by molar-refractivity contribution is 5.94. The van der Waals surface area contributed by atoms with E-state index in [2.05, 4.69) is 69.5 Å². The molecule has 0 bridgehead atoms. The van der Waals surface area contributed by atoms with Gasteiger partial charge in [0.15, 0.2) is 0 Å². The third-order valence-corrected chi connectivity index (χ3v) is 7.05. The molecule has 3 rings (SSSR count). The minimum atomic E-state index is -0.219. The zero-order chi connectivity index (χ0) is 24.8. The predicted octanol–water partition coefficient (Wildman–Crippen LogP) is 7.87. The highest BCUT2D eigenvalue weighted by Crippen LogP contribution is 2.48. The van der Waals surface area contributed by atoms with Crippen LogP contribution in [0.4, 0.5) is 4.39 Å². The van der Waals surface area contributed by atoms with Gasteiger partial charge in [0.2, 0.25) is 0 Å². The largest absolute Gasteiger partial charge is 0.367 e. The average molecular weight is 462 g/mol. The summed E-state index contributed by atoms with van der Waals surface area (Å²) in [5, 5.41) is 0. The van der Waals surface area contributed by atoms with Gasteiger partial charge in [-0.3, -0.25) is 0 Å². The number of hydrogen-bond donors (Lipinski definition) is 0. The minimum Gasteiger partial charge on any atom is -0.367 e. The van der Waals surface area contributed by atoms with Crippen molar-refractivity contribution in [3.05, 3.63) is 84.2 Å². The van der Waals surface area contributed by atoms with Crippen molar-refractivity contribution >= 4 is 17.1 Å². The number of rotatable bonds is 11. The topological polar surface area (TPSA) is 20.3 Å². The molecule has 2 nitrogen and oxygen atoms in total. The monoisotopic (exact) mass is 461 g/mol. The van der Waals surface area contributed by atoms with Crippen molar-refractivity contribution in [1.82, 2.24) is 4.90 Å². The van der Waals surface area contributed by atoms with Crippen molar-refractivity contribution in [1.29, 1.82) is 0 Å². The van der Waals surface area contributed by atoms with Crippen LogP contribution in [0, 0.1) is 29.5 Å². The molecule has 0 N–H and O–H groups in total. The lowest BCUT2D eigenvalue weighted by Gasteiger charge is -2.35. The Kier molecular flexibility index (Phi) is 8.88. The summed E-state index contributed by atoms with van der Waals surface area (Å²) in [6, 6.07) is 17.7. The molecule has 1 aliphatic heterocycles. The molecule has 0 amide bonds. The molecule has 0 aliphatic carbocycles. The van der Waals surface area contributed by atoms with Crippen molar-refractivity contribution in [3.8, 4) is 0 Å². The zero-order valence-corrected chi connectivity index (χ0v) is 21.4. The van der Waals surface area contributed by atoms with E-state index in [-0.39, 0.29) is 23.6 Å². The molecular weight excluding hydrogens is 421 g/mol. The Hall–Kier alpha value is -2.68. The van der Waals surface area contributed by atoms with Crippen LogP contribution in [0.3, 0.4) is 0 Å². The van der Waals surface area contributed by atoms with Gasteiger partial charge in [-0.25, -0.2) is 4.39 Å². The molecule has 2 aromatic rings. The van der Waals surface area contributed by atoms with Gasteiger partial charge in [0.1, 0.15) is 11.6 Å². The van der Waals surface area contributed by atoms with Crippen molar-refractivity contribution in [3.63, 3.8) is 0 Å². The van der Waals surface area contributed by atoms with Crippen molar-refractivity contribution in [2.45, 2.75) is 59.9 Å². The number of hydrogen-bond acceptors (Lipinski definition) is 2. The number of carbonyl (C=O) groups is 1. The van der Waals surface area contributed by atoms with Crippen LogP contribution in [0.15, 0.2) is 67.3 Å². The molecule has 0 aromatic heterocycles. The van der Waals surface area contributed by atoms with Gasteiger partial charge in [-0.1, -0.05) is 64.1 Å². The lowest BCUT2D eigenvalue weighted by Crippen LogP contribution is -2.38. The minimum absolute atomic E-state index is 0.189. The van der Waals surface area contributed by atoms with Gasteiger partial charge >= 0.3 is 0 Å². The summed E-state index contributed by atoms with van der Waals surface area (Å²) in [5.74, 6) is 1.58. The molecule has 3 heteroatoms. The summed E-state index contributed by atoms with van der Waals surface area (Å²) in [4.78, 5) is 14.1. The Morgan fingerprint density at radius 2 is 1.65 bits per heavy atom. The SMILES string of the molecule is C=CC1C(c2ccccc2)=C(c2ccc(F)cc2)N(CCC(C)CC(C)CC(C)=O)C1C(C)C.